The summed E-state index contributed by atoms with van der Waals surface area (Å²) in [7, 11) is 0. The Morgan fingerprint density at radius 3 is 2.94 bits per heavy atom. The Hall–Kier alpha value is -1.37. The lowest BCUT2D eigenvalue weighted by Gasteiger charge is -2.35. The van der Waals surface area contributed by atoms with E-state index >= 15 is 0 Å². The van der Waals surface area contributed by atoms with Crippen LogP contribution in [0.15, 0.2) is 18.2 Å². The van der Waals surface area contributed by atoms with Crippen LogP contribution in [0.4, 0.5) is 0 Å². The topological polar surface area (TPSA) is 36.3 Å². The highest BCUT2D eigenvalue weighted by molar-refractivity contribution is 5.47. The Morgan fingerprint density at radius 1 is 1.44 bits per heavy atom. The molecular weight excluding hydrogens is 224 g/mol. The molecule has 1 heterocycles. The molecule has 18 heavy (non-hydrogen) atoms. The Kier molecular flexibility index (Phi) is 2.65. The zero-order valence-corrected chi connectivity index (χ0v) is 10.9. The van der Waals surface area contributed by atoms with E-state index in [4.69, 9.17) is 10.00 Å². The molecule has 0 radical (unpaired) electrons. The van der Waals surface area contributed by atoms with E-state index in [0.717, 1.165) is 31.6 Å². The minimum atomic E-state index is -0.186. The van der Waals surface area contributed by atoms with Crippen LogP contribution in [0.2, 0.25) is 0 Å². The molecule has 1 fully saturated rings. The third-order valence-electron chi connectivity index (χ3n) is 4.21. The van der Waals surface area contributed by atoms with Gasteiger partial charge in [0, 0.05) is 12.6 Å². The van der Waals surface area contributed by atoms with Crippen molar-refractivity contribution in [2.24, 2.45) is 0 Å². The minimum Gasteiger partial charge on any atom is -0.360 e. The first-order chi connectivity index (χ1) is 8.63. The molecule has 3 rings (SSSR count). The van der Waals surface area contributed by atoms with E-state index < -0.39 is 0 Å². The lowest BCUT2D eigenvalue weighted by molar-refractivity contribution is -0.0684. The van der Waals surface area contributed by atoms with Gasteiger partial charge in [0.05, 0.1) is 18.2 Å². The highest BCUT2D eigenvalue weighted by Crippen LogP contribution is 2.42. The van der Waals surface area contributed by atoms with Crippen molar-refractivity contribution in [1.29, 1.82) is 5.26 Å². The Labute approximate surface area is 108 Å². The molecule has 3 nitrogen and oxygen atoms in total. The maximum atomic E-state index is 9.17. The highest BCUT2D eigenvalue weighted by atomic mass is 16.5. The molecule has 94 valence electrons. The highest BCUT2D eigenvalue weighted by Gasteiger charge is 2.41. The van der Waals surface area contributed by atoms with Crippen LogP contribution in [0, 0.1) is 11.3 Å². The van der Waals surface area contributed by atoms with Gasteiger partial charge >= 0.3 is 0 Å². The second-order valence-corrected chi connectivity index (χ2v) is 5.53. The molecule has 1 atom stereocenters. The van der Waals surface area contributed by atoms with Crippen molar-refractivity contribution in [1.82, 2.24) is 4.90 Å². The molecule has 1 aliphatic carbocycles. The van der Waals surface area contributed by atoms with E-state index in [-0.39, 0.29) is 5.72 Å². The number of fused-ring (bicyclic) bond motifs is 1. The number of benzene rings is 1. The average molecular weight is 242 g/mol. The zero-order valence-electron chi connectivity index (χ0n) is 10.9. The first-order valence-corrected chi connectivity index (χ1v) is 6.56. The van der Waals surface area contributed by atoms with Crippen molar-refractivity contribution in [2.45, 2.75) is 38.5 Å². The van der Waals surface area contributed by atoms with Crippen LogP contribution in [-0.2, 0) is 11.2 Å². The van der Waals surface area contributed by atoms with Crippen molar-refractivity contribution < 1.29 is 4.74 Å². The monoisotopic (exact) mass is 242 g/mol. The number of hydrogen-bond acceptors (Lipinski definition) is 3. The maximum absolute atomic E-state index is 9.17. The first-order valence-electron chi connectivity index (χ1n) is 6.56. The van der Waals surface area contributed by atoms with Crippen LogP contribution in [0.1, 0.15) is 43.0 Å². The van der Waals surface area contributed by atoms with Gasteiger partial charge in [0.2, 0.25) is 0 Å². The maximum Gasteiger partial charge on any atom is 0.116 e. The van der Waals surface area contributed by atoms with Crippen molar-refractivity contribution >= 4 is 0 Å². The van der Waals surface area contributed by atoms with Gasteiger partial charge in [-0.05, 0) is 43.9 Å². The quantitative estimate of drug-likeness (QED) is 0.759. The molecule has 1 aromatic rings. The Morgan fingerprint density at radius 2 is 2.28 bits per heavy atom. The van der Waals surface area contributed by atoms with Gasteiger partial charge in [-0.1, -0.05) is 12.1 Å². The van der Waals surface area contributed by atoms with Gasteiger partial charge in [-0.3, -0.25) is 4.90 Å². The molecule has 1 saturated heterocycles. The number of nitriles is 1. The SMILES string of the molecule is CC1(C)OCCN1[C@H]1CCc2c(C#N)cccc21. The van der Waals surface area contributed by atoms with Crippen LogP contribution >= 0.6 is 0 Å². The second-order valence-electron chi connectivity index (χ2n) is 5.53. The number of nitrogens with zero attached hydrogens (tertiary/aromatic N) is 2. The zero-order chi connectivity index (χ0) is 12.8. The minimum absolute atomic E-state index is 0.186. The molecule has 1 aliphatic heterocycles. The third kappa shape index (κ3) is 1.65. The van der Waals surface area contributed by atoms with Crippen LogP contribution in [0.3, 0.4) is 0 Å². The average Bonchev–Trinajstić information content (AvgIpc) is 2.91. The summed E-state index contributed by atoms with van der Waals surface area (Å²) in [4.78, 5) is 2.43. The van der Waals surface area contributed by atoms with Crippen LogP contribution in [0.25, 0.3) is 0 Å². The molecule has 3 heteroatoms. The fourth-order valence-electron chi connectivity index (χ4n) is 3.34. The van der Waals surface area contributed by atoms with Crippen molar-refractivity contribution in [3.8, 4) is 6.07 Å². The van der Waals surface area contributed by atoms with Crippen LogP contribution in [0.5, 0.6) is 0 Å². The number of rotatable bonds is 1. The standard InChI is InChI=1S/C15H18N2O/c1-15(2)17(8-9-18-15)14-7-6-12-11(10-16)4-3-5-13(12)14/h3-5,14H,6-9H2,1-2H3/t14-/m0/s1. The van der Waals surface area contributed by atoms with Gasteiger partial charge < -0.3 is 4.74 Å². The third-order valence-corrected chi connectivity index (χ3v) is 4.21. The molecule has 0 bridgehead atoms. The van der Waals surface area contributed by atoms with Crippen LogP contribution in [-0.4, -0.2) is 23.8 Å². The molecule has 2 aliphatic rings. The summed E-state index contributed by atoms with van der Waals surface area (Å²) in [6.07, 6.45) is 2.11. The molecule has 0 unspecified atom stereocenters. The first kappa shape index (κ1) is 11.7. The van der Waals surface area contributed by atoms with Gasteiger partial charge in [-0.25, -0.2) is 0 Å². The lowest BCUT2D eigenvalue weighted by Crippen LogP contribution is -2.41. The summed E-state index contributed by atoms with van der Waals surface area (Å²) in [6.45, 7) is 6.04. The molecule has 0 amide bonds. The van der Waals surface area contributed by atoms with Gasteiger partial charge in [0.25, 0.3) is 0 Å². The van der Waals surface area contributed by atoms with Crippen molar-refractivity contribution in [2.75, 3.05) is 13.2 Å². The fraction of sp³-hybridized carbons (Fsp3) is 0.533. The number of ether oxygens (including phenoxy) is 1. The van der Waals surface area contributed by atoms with E-state index in [9.17, 15) is 0 Å². The molecular formula is C15H18N2O. The molecule has 0 N–H and O–H groups in total. The second kappa shape index (κ2) is 4.08. The van der Waals surface area contributed by atoms with E-state index in [1.165, 1.54) is 11.1 Å². The normalized spacial score (nSPS) is 25.9. The van der Waals surface area contributed by atoms with E-state index in [0.29, 0.717) is 6.04 Å². The molecule has 0 saturated carbocycles. The summed E-state index contributed by atoms with van der Waals surface area (Å²) in [5, 5.41) is 9.17. The summed E-state index contributed by atoms with van der Waals surface area (Å²) >= 11 is 0. The predicted octanol–water partition coefficient (Wildman–Crippen LogP) is 2.61. The van der Waals surface area contributed by atoms with E-state index in [1.54, 1.807) is 0 Å². The predicted molar refractivity (Wildman–Crippen MR) is 69.0 cm³/mol. The molecule has 0 spiro atoms. The largest absolute Gasteiger partial charge is 0.360 e. The van der Waals surface area contributed by atoms with Gasteiger partial charge in [0.1, 0.15) is 5.72 Å². The summed E-state index contributed by atoms with van der Waals surface area (Å²) in [5.41, 5.74) is 3.22. The summed E-state index contributed by atoms with van der Waals surface area (Å²) in [6, 6.07) is 8.81. The Balaban J connectivity index is 1.99. The summed E-state index contributed by atoms with van der Waals surface area (Å²) < 4.78 is 5.80. The fourth-order valence-corrected chi connectivity index (χ4v) is 3.34. The van der Waals surface area contributed by atoms with Crippen molar-refractivity contribution in [3.05, 3.63) is 34.9 Å². The number of hydrogen-bond donors (Lipinski definition) is 0. The van der Waals surface area contributed by atoms with Gasteiger partial charge in [-0.2, -0.15) is 5.26 Å². The Bertz CT molecular complexity index is 516. The smallest absolute Gasteiger partial charge is 0.116 e. The van der Waals surface area contributed by atoms with E-state index in [2.05, 4.69) is 30.9 Å². The van der Waals surface area contributed by atoms with Crippen LogP contribution < -0.4 is 0 Å². The lowest BCUT2D eigenvalue weighted by atomic mass is 10.0. The van der Waals surface area contributed by atoms with Gasteiger partial charge in [-0.15, -0.1) is 0 Å². The van der Waals surface area contributed by atoms with Crippen molar-refractivity contribution in [3.63, 3.8) is 0 Å². The van der Waals surface area contributed by atoms with E-state index in [1.807, 2.05) is 12.1 Å². The van der Waals surface area contributed by atoms with Gasteiger partial charge in [0.15, 0.2) is 0 Å². The summed E-state index contributed by atoms with van der Waals surface area (Å²) in [5.74, 6) is 0. The molecule has 1 aromatic carbocycles. The molecule has 0 aromatic heterocycles.